The Kier molecular flexibility index (Phi) is 3.89. The molecule has 1 fully saturated rings. The maximum atomic E-state index is 13.0. The van der Waals surface area contributed by atoms with Crippen molar-refractivity contribution in [3.8, 4) is 0 Å². The van der Waals surface area contributed by atoms with Crippen molar-refractivity contribution in [2.24, 2.45) is 4.99 Å². The second kappa shape index (κ2) is 5.67. The van der Waals surface area contributed by atoms with Crippen LogP contribution in [0.3, 0.4) is 0 Å². The van der Waals surface area contributed by atoms with Crippen LogP contribution in [0, 0.1) is 0 Å². The molecule has 2 aliphatic rings. The maximum Gasteiger partial charge on any atom is 0.416 e. The number of nitrogens with zero attached hydrogens (tertiary/aromatic N) is 1. The van der Waals surface area contributed by atoms with E-state index in [1.165, 1.54) is 12.1 Å². The minimum Gasteiger partial charge on any atom is -0.478 e. The maximum absolute atomic E-state index is 13.0. The van der Waals surface area contributed by atoms with Crippen molar-refractivity contribution in [1.82, 2.24) is 5.32 Å². The molecule has 3 rings (SSSR count). The van der Waals surface area contributed by atoms with Crippen LogP contribution < -0.4 is 5.32 Å². The second-order valence-corrected chi connectivity index (χ2v) is 5.44. The fourth-order valence-electron chi connectivity index (χ4n) is 2.86. The van der Waals surface area contributed by atoms with Gasteiger partial charge >= 0.3 is 6.18 Å². The van der Waals surface area contributed by atoms with E-state index in [9.17, 15) is 13.2 Å². The molecule has 2 atom stereocenters. The van der Waals surface area contributed by atoms with Crippen molar-refractivity contribution >= 4 is 5.90 Å². The number of hydrogen-bond acceptors (Lipinski definition) is 3. The van der Waals surface area contributed by atoms with Crippen LogP contribution in [0.5, 0.6) is 0 Å². The van der Waals surface area contributed by atoms with Crippen molar-refractivity contribution < 1.29 is 17.9 Å². The Morgan fingerprint density at radius 2 is 2.10 bits per heavy atom. The predicted molar refractivity (Wildman–Crippen MR) is 73.3 cm³/mol. The lowest BCUT2D eigenvalue weighted by Crippen LogP contribution is -2.30. The summed E-state index contributed by atoms with van der Waals surface area (Å²) in [6.07, 6.45) is -2.01. The number of aliphatic imine (C=N–C) groups is 1. The third-order valence-electron chi connectivity index (χ3n) is 3.87. The molecule has 0 aromatic heterocycles. The third kappa shape index (κ3) is 3.20. The summed E-state index contributed by atoms with van der Waals surface area (Å²) < 4.78 is 44.5. The van der Waals surface area contributed by atoms with Crippen LogP contribution >= 0.6 is 0 Å². The average molecular weight is 298 g/mol. The smallest absolute Gasteiger partial charge is 0.416 e. The van der Waals surface area contributed by atoms with E-state index in [1.807, 2.05) is 0 Å². The Bertz CT molecular complexity index is 536. The molecule has 0 aliphatic carbocycles. The minimum absolute atomic E-state index is 0.132. The molecule has 2 aliphatic heterocycles. The highest BCUT2D eigenvalue weighted by Gasteiger charge is 2.34. The van der Waals surface area contributed by atoms with E-state index in [1.54, 1.807) is 6.07 Å². The fraction of sp³-hybridized carbons (Fsp3) is 0.533. The molecule has 3 nitrogen and oxygen atoms in total. The van der Waals surface area contributed by atoms with E-state index in [2.05, 4.69) is 10.3 Å². The molecule has 1 N–H and O–H groups in total. The van der Waals surface area contributed by atoms with Crippen molar-refractivity contribution in [2.45, 2.75) is 37.5 Å². The predicted octanol–water partition coefficient (Wildman–Crippen LogP) is 2.80. The van der Waals surface area contributed by atoms with Crippen molar-refractivity contribution in [1.29, 1.82) is 0 Å². The lowest BCUT2D eigenvalue weighted by molar-refractivity contribution is -0.138. The molecular formula is C15H17F3N2O. The largest absolute Gasteiger partial charge is 0.478 e. The van der Waals surface area contributed by atoms with Gasteiger partial charge in [0.1, 0.15) is 6.61 Å². The summed E-state index contributed by atoms with van der Waals surface area (Å²) in [6, 6.07) is 5.58. The van der Waals surface area contributed by atoms with Crippen LogP contribution in [0.4, 0.5) is 13.2 Å². The van der Waals surface area contributed by atoms with Gasteiger partial charge < -0.3 is 10.1 Å². The summed E-state index contributed by atoms with van der Waals surface area (Å²) in [5, 5.41) is 3.28. The number of halogens is 3. The first-order chi connectivity index (χ1) is 10.0. The molecule has 0 radical (unpaired) electrons. The molecule has 1 aromatic carbocycles. The molecule has 21 heavy (non-hydrogen) atoms. The van der Waals surface area contributed by atoms with Gasteiger partial charge in [-0.1, -0.05) is 18.2 Å². The van der Waals surface area contributed by atoms with Gasteiger partial charge in [-0.2, -0.15) is 13.2 Å². The first-order valence-electron chi connectivity index (χ1n) is 7.13. The van der Waals surface area contributed by atoms with Crippen LogP contribution in [0.25, 0.3) is 0 Å². The van der Waals surface area contributed by atoms with Gasteiger partial charge in [0.05, 0.1) is 17.6 Å². The van der Waals surface area contributed by atoms with Gasteiger partial charge in [0.2, 0.25) is 5.90 Å². The van der Waals surface area contributed by atoms with Gasteiger partial charge in [-0.3, -0.25) is 0 Å². The number of benzene rings is 1. The van der Waals surface area contributed by atoms with Crippen LogP contribution in [-0.4, -0.2) is 31.1 Å². The van der Waals surface area contributed by atoms with E-state index in [0.29, 0.717) is 12.5 Å². The molecule has 0 saturated carbocycles. The SMILES string of the molecule is FC(F)(F)c1ccccc1CC1COC(C2CCCN2)=N1. The van der Waals surface area contributed by atoms with E-state index in [0.717, 1.165) is 25.5 Å². The van der Waals surface area contributed by atoms with Gasteiger partial charge in [0.15, 0.2) is 0 Å². The first-order valence-corrected chi connectivity index (χ1v) is 7.13. The lowest BCUT2D eigenvalue weighted by Gasteiger charge is -2.13. The quantitative estimate of drug-likeness (QED) is 0.931. The Morgan fingerprint density at radius 3 is 2.81 bits per heavy atom. The van der Waals surface area contributed by atoms with Crippen molar-refractivity contribution in [2.75, 3.05) is 13.2 Å². The molecule has 1 saturated heterocycles. The third-order valence-corrected chi connectivity index (χ3v) is 3.87. The van der Waals surface area contributed by atoms with E-state index < -0.39 is 11.7 Å². The zero-order chi connectivity index (χ0) is 14.9. The molecule has 1 aromatic rings. The Morgan fingerprint density at radius 1 is 1.29 bits per heavy atom. The summed E-state index contributed by atoms with van der Waals surface area (Å²) in [4.78, 5) is 4.45. The molecule has 0 bridgehead atoms. The van der Waals surface area contributed by atoms with Gasteiger partial charge in [-0.25, -0.2) is 4.99 Å². The summed E-state index contributed by atoms with van der Waals surface area (Å²) in [7, 11) is 0. The highest BCUT2D eigenvalue weighted by Crippen LogP contribution is 2.33. The van der Waals surface area contributed by atoms with Crippen molar-refractivity contribution in [3.63, 3.8) is 0 Å². The summed E-state index contributed by atoms with van der Waals surface area (Å²) in [5.41, 5.74) is -0.296. The second-order valence-electron chi connectivity index (χ2n) is 5.44. The van der Waals surface area contributed by atoms with Crippen LogP contribution in [-0.2, 0) is 17.3 Å². The van der Waals surface area contributed by atoms with E-state index in [-0.39, 0.29) is 24.1 Å². The molecule has 2 heterocycles. The minimum atomic E-state index is -4.32. The standard InChI is InChI=1S/C15H17F3N2O/c16-15(17,18)12-5-2-1-4-10(12)8-11-9-21-14(20-11)13-6-3-7-19-13/h1-2,4-5,11,13,19H,3,6-9H2. The van der Waals surface area contributed by atoms with Crippen LogP contribution in [0.1, 0.15) is 24.0 Å². The van der Waals surface area contributed by atoms with Gasteiger partial charge in [0, 0.05) is 0 Å². The Balaban J connectivity index is 1.73. The first kappa shape index (κ1) is 14.4. The molecular weight excluding hydrogens is 281 g/mol. The topological polar surface area (TPSA) is 33.6 Å². The number of hydrogen-bond donors (Lipinski definition) is 1. The average Bonchev–Trinajstić information content (AvgIpc) is 3.08. The molecule has 0 spiro atoms. The number of rotatable bonds is 3. The zero-order valence-corrected chi connectivity index (χ0v) is 11.5. The summed E-state index contributed by atoms with van der Waals surface area (Å²) in [6.45, 7) is 1.30. The zero-order valence-electron chi connectivity index (χ0n) is 11.5. The lowest BCUT2D eigenvalue weighted by atomic mass is 10.0. The van der Waals surface area contributed by atoms with Crippen molar-refractivity contribution in [3.05, 3.63) is 35.4 Å². The molecule has 2 unspecified atom stereocenters. The van der Waals surface area contributed by atoms with E-state index >= 15 is 0 Å². The molecule has 114 valence electrons. The molecule has 6 heteroatoms. The van der Waals surface area contributed by atoms with Crippen LogP contribution in [0.15, 0.2) is 29.3 Å². The van der Waals surface area contributed by atoms with Gasteiger partial charge in [-0.15, -0.1) is 0 Å². The number of ether oxygens (including phenoxy) is 1. The highest BCUT2D eigenvalue weighted by molar-refractivity contribution is 5.83. The highest BCUT2D eigenvalue weighted by atomic mass is 19.4. The fourth-order valence-corrected chi connectivity index (χ4v) is 2.86. The summed E-state index contributed by atoms with van der Waals surface area (Å²) >= 11 is 0. The summed E-state index contributed by atoms with van der Waals surface area (Å²) in [5.74, 6) is 0.655. The Hall–Kier alpha value is -1.56. The number of nitrogens with one attached hydrogen (secondary N) is 1. The normalized spacial score (nSPS) is 25.8. The van der Waals surface area contributed by atoms with Gasteiger partial charge in [0.25, 0.3) is 0 Å². The van der Waals surface area contributed by atoms with Crippen LogP contribution in [0.2, 0.25) is 0 Å². The van der Waals surface area contributed by atoms with E-state index in [4.69, 9.17) is 4.74 Å². The monoisotopic (exact) mass is 298 g/mol. The van der Waals surface area contributed by atoms with Gasteiger partial charge in [-0.05, 0) is 37.4 Å². The molecule has 0 amide bonds. The number of alkyl halides is 3. The Labute approximate surface area is 121 Å².